The van der Waals surface area contributed by atoms with Gasteiger partial charge in [0.2, 0.25) is 0 Å². The fourth-order valence-electron chi connectivity index (χ4n) is 0.961. The lowest BCUT2D eigenvalue weighted by Gasteiger charge is -1.99. The van der Waals surface area contributed by atoms with E-state index in [1.54, 1.807) is 6.07 Å². The highest BCUT2D eigenvalue weighted by Crippen LogP contribution is 2.37. The Morgan fingerprint density at radius 1 is 1.17 bits per heavy atom. The lowest BCUT2D eigenvalue weighted by atomic mass is 10.2. The molecule has 0 N–H and O–H groups in total. The summed E-state index contributed by atoms with van der Waals surface area (Å²) >= 11 is 19.1. The van der Waals surface area contributed by atoms with Crippen molar-refractivity contribution >= 4 is 56.9 Å². The number of thiophene rings is 1. The number of halogens is 3. The predicted octanol–water partition coefficient (Wildman–Crippen LogP) is 4.66. The highest BCUT2D eigenvalue weighted by atomic mass is 35.5. The highest BCUT2D eigenvalue weighted by molar-refractivity contribution is 7.09. The summed E-state index contributed by atoms with van der Waals surface area (Å²) in [6.45, 7) is 0. The first-order valence-corrected chi connectivity index (χ1v) is 5.14. The van der Waals surface area contributed by atoms with Gasteiger partial charge in [0.25, 0.3) is 0 Å². The first-order valence-electron chi connectivity index (χ1n) is 3.12. The number of hydrogen-bond donors (Lipinski definition) is 0. The second kappa shape index (κ2) is 3.08. The zero-order valence-electron chi connectivity index (χ0n) is 5.70. The van der Waals surface area contributed by atoms with Crippen LogP contribution in [0.1, 0.15) is 0 Å². The average Bonchev–Trinajstić information content (AvgIpc) is 2.48. The van der Waals surface area contributed by atoms with Crippen LogP contribution in [0.2, 0.25) is 15.1 Å². The normalized spacial score (nSPS) is 10.9. The SMILES string of the molecule is Clc1cc2[c]scc2c(Cl)c1Cl. The van der Waals surface area contributed by atoms with Crippen molar-refractivity contribution in [2.75, 3.05) is 0 Å². The van der Waals surface area contributed by atoms with Gasteiger partial charge in [0.05, 0.1) is 20.4 Å². The van der Waals surface area contributed by atoms with Crippen LogP contribution >= 0.6 is 46.1 Å². The van der Waals surface area contributed by atoms with Crippen molar-refractivity contribution in [2.45, 2.75) is 0 Å². The molecule has 1 aromatic heterocycles. The van der Waals surface area contributed by atoms with Gasteiger partial charge in [0, 0.05) is 16.2 Å². The summed E-state index contributed by atoms with van der Waals surface area (Å²) in [6, 6.07) is 1.77. The Morgan fingerprint density at radius 3 is 2.67 bits per heavy atom. The minimum atomic E-state index is 0.414. The molecule has 0 nitrogen and oxygen atoms in total. The highest BCUT2D eigenvalue weighted by Gasteiger charge is 2.08. The molecule has 1 heterocycles. The van der Waals surface area contributed by atoms with Gasteiger partial charge in [-0.25, -0.2) is 0 Å². The summed E-state index contributed by atoms with van der Waals surface area (Å²) in [6.07, 6.45) is 0. The Labute approximate surface area is 88.7 Å². The lowest BCUT2D eigenvalue weighted by molar-refractivity contribution is 1.82. The van der Waals surface area contributed by atoms with Gasteiger partial charge >= 0.3 is 0 Å². The lowest BCUT2D eigenvalue weighted by Crippen LogP contribution is -1.72. The van der Waals surface area contributed by atoms with Crippen molar-refractivity contribution in [1.29, 1.82) is 0 Å². The molecule has 2 aromatic rings. The molecule has 1 radical (unpaired) electrons. The van der Waals surface area contributed by atoms with Crippen LogP contribution in [0, 0.1) is 5.38 Å². The molecule has 1 aromatic carbocycles. The van der Waals surface area contributed by atoms with Gasteiger partial charge in [0.15, 0.2) is 0 Å². The topological polar surface area (TPSA) is 0 Å². The fourth-order valence-corrected chi connectivity index (χ4v) is 2.41. The predicted molar refractivity (Wildman–Crippen MR) is 55.7 cm³/mol. The summed E-state index contributed by atoms with van der Waals surface area (Å²) in [4.78, 5) is 0. The Hall–Kier alpha value is 0.0500. The zero-order chi connectivity index (χ0) is 8.72. The van der Waals surface area contributed by atoms with E-state index in [0.29, 0.717) is 15.1 Å². The number of fused-ring (bicyclic) bond motifs is 1. The van der Waals surface area contributed by atoms with Crippen LogP contribution in [-0.4, -0.2) is 0 Å². The van der Waals surface area contributed by atoms with Crippen LogP contribution in [-0.2, 0) is 0 Å². The molecule has 12 heavy (non-hydrogen) atoms. The molecular formula is C8H2Cl3S. The van der Waals surface area contributed by atoms with Crippen molar-refractivity contribution in [1.82, 2.24) is 0 Å². The fraction of sp³-hybridized carbons (Fsp3) is 0. The molecule has 0 saturated carbocycles. The zero-order valence-corrected chi connectivity index (χ0v) is 8.78. The van der Waals surface area contributed by atoms with Gasteiger partial charge in [-0.2, -0.15) is 0 Å². The van der Waals surface area contributed by atoms with E-state index in [0.717, 1.165) is 10.8 Å². The third-order valence-corrected chi connectivity index (χ3v) is 3.51. The third kappa shape index (κ3) is 1.21. The van der Waals surface area contributed by atoms with Crippen LogP contribution in [0.4, 0.5) is 0 Å². The Kier molecular flexibility index (Phi) is 2.21. The van der Waals surface area contributed by atoms with Crippen LogP contribution in [0.25, 0.3) is 10.8 Å². The van der Waals surface area contributed by atoms with Crippen LogP contribution in [0.3, 0.4) is 0 Å². The van der Waals surface area contributed by atoms with Gasteiger partial charge < -0.3 is 0 Å². The Morgan fingerprint density at radius 2 is 1.92 bits per heavy atom. The molecule has 0 spiro atoms. The minimum Gasteiger partial charge on any atom is -0.142 e. The molecular weight excluding hydrogens is 235 g/mol. The summed E-state index contributed by atoms with van der Waals surface area (Å²) in [7, 11) is 0. The monoisotopic (exact) mass is 235 g/mol. The van der Waals surface area contributed by atoms with Crippen molar-refractivity contribution in [3.63, 3.8) is 0 Å². The molecule has 4 heteroatoms. The smallest absolute Gasteiger partial charge is 0.0785 e. The van der Waals surface area contributed by atoms with E-state index in [2.05, 4.69) is 5.38 Å². The van der Waals surface area contributed by atoms with E-state index in [1.165, 1.54) is 11.3 Å². The summed E-state index contributed by atoms with van der Waals surface area (Å²) < 4.78 is 0. The molecule has 0 unspecified atom stereocenters. The Bertz CT molecular complexity index is 433. The standard InChI is InChI=1S/C8H2Cl3S/c9-6-1-4-2-12-3-5(4)7(10)8(6)11/h1,3H. The molecule has 0 atom stereocenters. The maximum absolute atomic E-state index is 5.94. The van der Waals surface area contributed by atoms with Gasteiger partial charge in [0.1, 0.15) is 0 Å². The van der Waals surface area contributed by atoms with Crippen LogP contribution in [0.5, 0.6) is 0 Å². The molecule has 0 aliphatic heterocycles. The van der Waals surface area contributed by atoms with Gasteiger partial charge in [-0.15, -0.1) is 11.3 Å². The molecule has 2 rings (SSSR count). The molecule has 0 fully saturated rings. The Balaban J connectivity index is 2.94. The third-order valence-electron chi connectivity index (χ3n) is 1.55. The number of benzene rings is 1. The largest absolute Gasteiger partial charge is 0.142 e. The summed E-state index contributed by atoms with van der Waals surface area (Å²) in [5, 5.41) is 8.18. The van der Waals surface area contributed by atoms with E-state index in [9.17, 15) is 0 Å². The summed E-state index contributed by atoms with van der Waals surface area (Å²) in [5.74, 6) is 0. The summed E-state index contributed by atoms with van der Waals surface area (Å²) in [5.41, 5.74) is 0. The first-order chi connectivity index (χ1) is 5.70. The molecule has 0 bridgehead atoms. The van der Waals surface area contributed by atoms with E-state index in [1.807, 2.05) is 5.38 Å². The average molecular weight is 237 g/mol. The van der Waals surface area contributed by atoms with Gasteiger partial charge in [-0.3, -0.25) is 0 Å². The second-order valence-electron chi connectivity index (χ2n) is 2.29. The molecule has 0 amide bonds. The van der Waals surface area contributed by atoms with Crippen LogP contribution < -0.4 is 0 Å². The van der Waals surface area contributed by atoms with Crippen molar-refractivity contribution in [2.24, 2.45) is 0 Å². The van der Waals surface area contributed by atoms with Gasteiger partial charge in [-0.1, -0.05) is 34.8 Å². The van der Waals surface area contributed by atoms with E-state index in [4.69, 9.17) is 34.8 Å². The van der Waals surface area contributed by atoms with Crippen molar-refractivity contribution < 1.29 is 0 Å². The molecule has 0 aliphatic rings. The first kappa shape index (κ1) is 8.64. The van der Waals surface area contributed by atoms with Crippen LogP contribution in [0.15, 0.2) is 11.4 Å². The number of hydrogen-bond acceptors (Lipinski definition) is 1. The minimum absolute atomic E-state index is 0.414. The second-order valence-corrected chi connectivity index (χ2v) is 4.12. The molecule has 61 valence electrons. The van der Waals surface area contributed by atoms with E-state index >= 15 is 0 Å². The van der Waals surface area contributed by atoms with Crippen molar-refractivity contribution in [3.8, 4) is 0 Å². The van der Waals surface area contributed by atoms with Gasteiger partial charge in [-0.05, 0) is 6.07 Å². The maximum atomic E-state index is 5.94. The van der Waals surface area contributed by atoms with E-state index < -0.39 is 0 Å². The quantitative estimate of drug-likeness (QED) is 0.584. The van der Waals surface area contributed by atoms with E-state index in [-0.39, 0.29) is 0 Å². The maximum Gasteiger partial charge on any atom is 0.0785 e. The van der Waals surface area contributed by atoms with Crippen molar-refractivity contribution in [3.05, 3.63) is 31.9 Å². The molecule has 0 saturated heterocycles. The molecule has 0 aliphatic carbocycles. The number of rotatable bonds is 0.